The van der Waals surface area contributed by atoms with Crippen molar-refractivity contribution < 1.29 is 19.2 Å². The van der Waals surface area contributed by atoms with Crippen LogP contribution in [0.3, 0.4) is 0 Å². The Morgan fingerprint density at radius 3 is 2.55 bits per heavy atom. The van der Waals surface area contributed by atoms with Crippen molar-refractivity contribution in [2.24, 2.45) is 0 Å². The molecule has 0 radical (unpaired) electrons. The molecule has 4 rings (SSSR count). The number of hydrogen-bond donors (Lipinski definition) is 1. The molecule has 1 N–H and O–H groups in total. The van der Waals surface area contributed by atoms with E-state index in [1.807, 2.05) is 30.3 Å². The first-order valence-electron chi connectivity index (χ1n) is 9.57. The van der Waals surface area contributed by atoms with Gasteiger partial charge in [-0.1, -0.05) is 6.07 Å². The third kappa shape index (κ3) is 4.67. The van der Waals surface area contributed by atoms with Crippen LogP contribution in [0.25, 0.3) is 21.8 Å². The SMILES string of the molecule is O=C(OCCCNc1cc2cccnc2c2ncccc12)Oc1ccc([N+](=O)[O-])cc1. The molecule has 2 heterocycles. The molecular weight excluding hydrogens is 400 g/mol. The topological polar surface area (TPSA) is 116 Å². The number of nitro benzene ring substituents is 1. The van der Waals surface area contributed by atoms with Crippen molar-refractivity contribution in [2.45, 2.75) is 6.42 Å². The van der Waals surface area contributed by atoms with Crippen LogP contribution in [0.15, 0.2) is 67.0 Å². The minimum absolute atomic E-state index is 0.0843. The van der Waals surface area contributed by atoms with Crippen LogP contribution in [0.4, 0.5) is 16.2 Å². The highest BCUT2D eigenvalue weighted by atomic mass is 16.7. The minimum atomic E-state index is -0.861. The van der Waals surface area contributed by atoms with Gasteiger partial charge in [0.1, 0.15) is 5.75 Å². The molecule has 31 heavy (non-hydrogen) atoms. The molecule has 0 fully saturated rings. The number of ether oxygens (including phenoxy) is 2. The first kappa shape index (κ1) is 20.0. The molecule has 0 unspecified atom stereocenters. The monoisotopic (exact) mass is 418 g/mol. The van der Waals surface area contributed by atoms with Crippen LogP contribution in [0.5, 0.6) is 5.75 Å². The number of fused-ring (bicyclic) bond motifs is 3. The number of carbonyl (C=O) groups is 1. The molecule has 9 nitrogen and oxygen atoms in total. The second-order valence-corrected chi connectivity index (χ2v) is 6.63. The van der Waals surface area contributed by atoms with Gasteiger partial charge in [0.05, 0.1) is 22.6 Å². The highest BCUT2D eigenvalue weighted by Gasteiger charge is 2.10. The molecule has 0 bridgehead atoms. The molecule has 2 aromatic carbocycles. The van der Waals surface area contributed by atoms with E-state index < -0.39 is 11.1 Å². The normalized spacial score (nSPS) is 10.7. The zero-order valence-electron chi connectivity index (χ0n) is 16.4. The van der Waals surface area contributed by atoms with E-state index in [0.29, 0.717) is 13.0 Å². The Morgan fingerprint density at radius 1 is 1.03 bits per heavy atom. The largest absolute Gasteiger partial charge is 0.513 e. The van der Waals surface area contributed by atoms with Crippen LogP contribution in [0.1, 0.15) is 6.42 Å². The lowest BCUT2D eigenvalue weighted by Crippen LogP contribution is -2.13. The van der Waals surface area contributed by atoms with E-state index in [-0.39, 0.29) is 18.0 Å². The van der Waals surface area contributed by atoms with Crippen molar-refractivity contribution in [2.75, 3.05) is 18.5 Å². The van der Waals surface area contributed by atoms with Crippen LogP contribution < -0.4 is 10.1 Å². The van der Waals surface area contributed by atoms with Gasteiger partial charge in [-0.2, -0.15) is 0 Å². The summed E-state index contributed by atoms with van der Waals surface area (Å²) >= 11 is 0. The summed E-state index contributed by atoms with van der Waals surface area (Å²) in [6, 6.07) is 14.9. The smallest absolute Gasteiger partial charge is 0.434 e. The molecule has 0 spiro atoms. The Morgan fingerprint density at radius 2 is 1.77 bits per heavy atom. The van der Waals surface area contributed by atoms with Gasteiger partial charge < -0.3 is 14.8 Å². The molecule has 0 saturated heterocycles. The predicted octanol–water partition coefficient (Wildman–Crippen LogP) is 4.71. The number of benzene rings is 2. The van der Waals surface area contributed by atoms with Gasteiger partial charge in [0.25, 0.3) is 5.69 Å². The molecule has 0 saturated carbocycles. The van der Waals surface area contributed by atoms with Gasteiger partial charge in [0, 0.05) is 47.5 Å². The van der Waals surface area contributed by atoms with Crippen LogP contribution >= 0.6 is 0 Å². The second kappa shape index (κ2) is 9.04. The molecule has 0 aliphatic carbocycles. The van der Waals surface area contributed by atoms with Crippen molar-refractivity contribution in [3.8, 4) is 5.75 Å². The molecular formula is C22H18N4O5. The molecule has 0 aliphatic heterocycles. The number of rotatable bonds is 7. The highest BCUT2D eigenvalue weighted by Crippen LogP contribution is 2.29. The molecule has 2 aromatic heterocycles. The summed E-state index contributed by atoms with van der Waals surface area (Å²) in [6.45, 7) is 0.727. The lowest BCUT2D eigenvalue weighted by Gasteiger charge is -2.12. The molecule has 156 valence electrons. The van der Waals surface area contributed by atoms with Crippen molar-refractivity contribution in [1.82, 2.24) is 9.97 Å². The molecule has 0 aliphatic rings. The average Bonchev–Trinajstić information content (AvgIpc) is 2.79. The van der Waals surface area contributed by atoms with Gasteiger partial charge in [-0.15, -0.1) is 0 Å². The number of pyridine rings is 2. The minimum Gasteiger partial charge on any atom is -0.434 e. The number of aromatic nitrogens is 2. The zero-order valence-corrected chi connectivity index (χ0v) is 16.4. The molecule has 0 atom stereocenters. The number of carbonyl (C=O) groups excluding carboxylic acids is 1. The van der Waals surface area contributed by atoms with Gasteiger partial charge in [-0.05, 0) is 42.8 Å². The summed E-state index contributed by atoms with van der Waals surface area (Å²) in [7, 11) is 0. The summed E-state index contributed by atoms with van der Waals surface area (Å²) in [4.78, 5) is 30.8. The number of nitrogens with zero attached hydrogens (tertiary/aromatic N) is 3. The Balaban J connectivity index is 1.30. The van der Waals surface area contributed by atoms with E-state index in [1.165, 1.54) is 24.3 Å². The molecule has 4 aromatic rings. The van der Waals surface area contributed by atoms with Crippen LogP contribution in [-0.2, 0) is 4.74 Å². The van der Waals surface area contributed by atoms with Crippen molar-refractivity contribution in [1.29, 1.82) is 0 Å². The van der Waals surface area contributed by atoms with E-state index in [9.17, 15) is 14.9 Å². The van der Waals surface area contributed by atoms with Gasteiger partial charge in [-0.3, -0.25) is 20.1 Å². The van der Waals surface area contributed by atoms with E-state index in [0.717, 1.165) is 27.5 Å². The molecule has 9 heteroatoms. The van der Waals surface area contributed by atoms with Gasteiger partial charge in [0.15, 0.2) is 0 Å². The maximum atomic E-state index is 11.8. The quantitative estimate of drug-likeness (QED) is 0.115. The Kier molecular flexibility index (Phi) is 5.84. The van der Waals surface area contributed by atoms with Gasteiger partial charge in [-0.25, -0.2) is 4.79 Å². The Labute approximate surface area is 176 Å². The maximum Gasteiger partial charge on any atom is 0.513 e. The summed E-state index contributed by atoms with van der Waals surface area (Å²) in [6.07, 6.45) is 3.18. The van der Waals surface area contributed by atoms with E-state index in [4.69, 9.17) is 9.47 Å². The Hall–Kier alpha value is -4.27. The average molecular weight is 418 g/mol. The maximum absolute atomic E-state index is 11.8. The summed E-state index contributed by atoms with van der Waals surface area (Å²) in [5, 5.41) is 15.9. The van der Waals surface area contributed by atoms with Crippen molar-refractivity contribution in [3.05, 3.63) is 77.1 Å². The fraction of sp³-hybridized carbons (Fsp3) is 0.136. The zero-order chi connectivity index (χ0) is 21.6. The fourth-order valence-corrected chi connectivity index (χ4v) is 3.14. The number of nitrogens with one attached hydrogen (secondary N) is 1. The van der Waals surface area contributed by atoms with Crippen molar-refractivity contribution in [3.63, 3.8) is 0 Å². The predicted molar refractivity (Wildman–Crippen MR) is 115 cm³/mol. The van der Waals surface area contributed by atoms with Crippen LogP contribution in [-0.4, -0.2) is 34.2 Å². The lowest BCUT2D eigenvalue weighted by atomic mass is 10.1. The number of hydrogen-bond acceptors (Lipinski definition) is 8. The van der Waals surface area contributed by atoms with Crippen molar-refractivity contribution >= 4 is 39.3 Å². The number of anilines is 1. The van der Waals surface area contributed by atoms with Crippen LogP contribution in [0.2, 0.25) is 0 Å². The standard InChI is InChI=1S/C22H18N4O5/c27-22(31-17-8-6-16(7-9-17)26(28)29)30-13-3-12-23-19-14-15-4-1-10-24-20(15)21-18(19)5-2-11-25-21/h1-2,4-11,14,23H,3,12-13H2. The Bertz CT molecular complexity index is 1240. The fourth-order valence-electron chi connectivity index (χ4n) is 3.14. The van der Waals surface area contributed by atoms with E-state index in [2.05, 4.69) is 15.3 Å². The summed E-state index contributed by atoms with van der Waals surface area (Å²) in [5.74, 6) is 0.178. The van der Waals surface area contributed by atoms with E-state index in [1.54, 1.807) is 12.4 Å². The highest BCUT2D eigenvalue weighted by molar-refractivity contribution is 6.08. The van der Waals surface area contributed by atoms with Gasteiger partial charge >= 0.3 is 6.16 Å². The third-order valence-corrected chi connectivity index (χ3v) is 4.57. The number of non-ortho nitro benzene ring substituents is 1. The molecule has 0 amide bonds. The number of nitro groups is 1. The van der Waals surface area contributed by atoms with Crippen LogP contribution in [0, 0.1) is 10.1 Å². The van der Waals surface area contributed by atoms with E-state index >= 15 is 0 Å². The summed E-state index contributed by atoms with van der Waals surface area (Å²) in [5.41, 5.74) is 2.52. The first-order chi connectivity index (χ1) is 15.1. The van der Waals surface area contributed by atoms with Gasteiger partial charge in [0.2, 0.25) is 0 Å². The summed E-state index contributed by atoms with van der Waals surface area (Å²) < 4.78 is 10.1. The third-order valence-electron chi connectivity index (χ3n) is 4.57. The first-order valence-corrected chi connectivity index (χ1v) is 9.57. The second-order valence-electron chi connectivity index (χ2n) is 6.63. The lowest BCUT2D eigenvalue weighted by molar-refractivity contribution is -0.384.